The van der Waals surface area contributed by atoms with Crippen molar-refractivity contribution in [1.82, 2.24) is 10.4 Å². The van der Waals surface area contributed by atoms with Gasteiger partial charge in [0.1, 0.15) is 0 Å². The average Bonchev–Trinajstić information content (AvgIpc) is 3.31. The summed E-state index contributed by atoms with van der Waals surface area (Å²) >= 11 is 4.77. The number of hydrazone groups is 1. The third-order valence-electron chi connectivity index (χ3n) is 4.90. The molecule has 1 amide bonds. The minimum atomic E-state index is -0.340. The number of anilines is 2. The van der Waals surface area contributed by atoms with Gasteiger partial charge in [0.25, 0.3) is 5.91 Å². The van der Waals surface area contributed by atoms with Crippen LogP contribution in [0.2, 0.25) is 0 Å². The molecule has 0 spiro atoms. The molecule has 0 radical (unpaired) electrons. The van der Waals surface area contributed by atoms with E-state index in [1.165, 1.54) is 30.2 Å². The number of hydrogen-bond donors (Lipinski definition) is 3. The molecule has 172 valence electrons. The summed E-state index contributed by atoms with van der Waals surface area (Å²) < 4.78 is 5.58. The minimum absolute atomic E-state index is 0.00180. The highest BCUT2D eigenvalue weighted by atomic mass is 79.9. The number of rotatable bonds is 7. The van der Waals surface area contributed by atoms with E-state index in [0.717, 1.165) is 22.1 Å². The second kappa shape index (κ2) is 10.5. The van der Waals surface area contributed by atoms with Crippen molar-refractivity contribution in [3.63, 3.8) is 0 Å². The number of thiazole rings is 1. The maximum absolute atomic E-state index is 12.4. The zero-order chi connectivity index (χ0) is 24.1. The number of aromatic nitrogens is 1. The van der Waals surface area contributed by atoms with Crippen LogP contribution in [0.4, 0.5) is 10.8 Å². The number of carbonyl (C=O) groups is 1. The first-order valence-corrected chi connectivity index (χ1v) is 11.9. The van der Waals surface area contributed by atoms with Crippen molar-refractivity contribution in [3.8, 4) is 22.8 Å². The number of nitrogens with one attached hydrogen (secondary N) is 2. The zero-order valence-corrected chi connectivity index (χ0v) is 20.8. The molecule has 0 fully saturated rings. The summed E-state index contributed by atoms with van der Waals surface area (Å²) in [5.74, 6) is -0.0356. The monoisotopic (exact) mass is 536 g/mol. The first-order chi connectivity index (χ1) is 16.4. The number of carbonyl (C=O) groups excluding carboxylic acids is 1. The number of nitrogens with zero attached hydrogens (tertiary/aromatic N) is 2. The lowest BCUT2D eigenvalue weighted by Crippen LogP contribution is -2.17. The van der Waals surface area contributed by atoms with Gasteiger partial charge in [0, 0.05) is 22.2 Å². The topological polar surface area (TPSA) is 95.8 Å². The fraction of sp³-hybridized carbons (Fsp3) is 0.0800. The number of aromatic hydroxyl groups is 1. The largest absolute Gasteiger partial charge is 0.503 e. The number of benzene rings is 3. The molecule has 0 aliphatic rings. The number of amides is 1. The Balaban J connectivity index is 1.38. The van der Waals surface area contributed by atoms with Crippen molar-refractivity contribution < 1.29 is 14.6 Å². The normalized spacial score (nSPS) is 10.9. The number of ether oxygens (including phenoxy) is 1. The first-order valence-electron chi connectivity index (χ1n) is 10.2. The summed E-state index contributed by atoms with van der Waals surface area (Å²) in [4.78, 5) is 17.1. The van der Waals surface area contributed by atoms with Gasteiger partial charge in [0.05, 0.1) is 23.5 Å². The van der Waals surface area contributed by atoms with Gasteiger partial charge in [-0.25, -0.2) is 10.4 Å². The Kier molecular flexibility index (Phi) is 7.24. The number of phenolic OH excluding ortho intramolecular Hbond substituents is 1. The smallest absolute Gasteiger partial charge is 0.271 e. The molecule has 0 aliphatic heterocycles. The molecular weight excluding hydrogens is 516 g/mol. The number of methoxy groups -OCH3 is 1. The van der Waals surface area contributed by atoms with E-state index in [4.69, 9.17) is 4.74 Å². The highest BCUT2D eigenvalue weighted by molar-refractivity contribution is 9.10. The average molecular weight is 537 g/mol. The van der Waals surface area contributed by atoms with Gasteiger partial charge in [-0.05, 0) is 64.8 Å². The molecule has 3 N–H and O–H groups in total. The fourth-order valence-corrected chi connectivity index (χ4v) is 4.27. The van der Waals surface area contributed by atoms with Gasteiger partial charge in [0.2, 0.25) is 0 Å². The van der Waals surface area contributed by atoms with E-state index < -0.39 is 0 Å². The van der Waals surface area contributed by atoms with Crippen LogP contribution in [-0.4, -0.2) is 29.3 Å². The molecule has 0 aliphatic carbocycles. The Morgan fingerprint density at radius 2 is 1.88 bits per heavy atom. The van der Waals surface area contributed by atoms with Gasteiger partial charge in [-0.1, -0.05) is 29.8 Å². The molecule has 4 rings (SSSR count). The van der Waals surface area contributed by atoms with E-state index in [2.05, 4.69) is 36.8 Å². The molecule has 34 heavy (non-hydrogen) atoms. The van der Waals surface area contributed by atoms with Gasteiger partial charge in [-0.2, -0.15) is 5.10 Å². The summed E-state index contributed by atoms with van der Waals surface area (Å²) in [6, 6.07) is 18.6. The van der Waals surface area contributed by atoms with Crippen molar-refractivity contribution in [2.75, 3.05) is 12.4 Å². The van der Waals surface area contributed by atoms with Crippen LogP contribution >= 0.6 is 27.3 Å². The molecule has 0 atom stereocenters. The molecule has 7 nitrogen and oxygen atoms in total. The van der Waals surface area contributed by atoms with Crippen LogP contribution in [0.3, 0.4) is 0 Å². The third kappa shape index (κ3) is 5.62. The molecule has 0 saturated heterocycles. The van der Waals surface area contributed by atoms with E-state index >= 15 is 0 Å². The SMILES string of the molecule is COc1cc(/C=N\NC(=O)c2ccc(-c3csc(Nc4ccc(C)cc4)n3)cc2)cc(Br)c1O. The van der Waals surface area contributed by atoms with E-state index in [1.54, 1.807) is 24.3 Å². The van der Waals surface area contributed by atoms with Crippen LogP contribution in [0.25, 0.3) is 11.3 Å². The van der Waals surface area contributed by atoms with E-state index in [1.807, 2.05) is 48.7 Å². The zero-order valence-electron chi connectivity index (χ0n) is 18.4. The lowest BCUT2D eigenvalue weighted by molar-refractivity contribution is 0.0955. The molecule has 1 aromatic heterocycles. The highest BCUT2D eigenvalue weighted by Crippen LogP contribution is 2.34. The van der Waals surface area contributed by atoms with Gasteiger partial charge in [-0.15, -0.1) is 11.3 Å². The van der Waals surface area contributed by atoms with Crippen molar-refractivity contribution >= 4 is 50.2 Å². The molecule has 3 aromatic carbocycles. The molecule has 0 saturated carbocycles. The van der Waals surface area contributed by atoms with Gasteiger partial charge < -0.3 is 15.2 Å². The molecule has 0 unspecified atom stereocenters. The third-order valence-corrected chi connectivity index (χ3v) is 6.26. The van der Waals surface area contributed by atoms with Crippen LogP contribution in [-0.2, 0) is 0 Å². The van der Waals surface area contributed by atoms with Gasteiger partial charge in [-0.3, -0.25) is 4.79 Å². The van der Waals surface area contributed by atoms with Crippen LogP contribution in [0.1, 0.15) is 21.5 Å². The van der Waals surface area contributed by atoms with E-state index in [-0.39, 0.29) is 11.7 Å². The predicted octanol–water partition coefficient (Wildman–Crippen LogP) is 6.10. The number of phenols is 1. The lowest BCUT2D eigenvalue weighted by atomic mass is 10.1. The summed E-state index contributed by atoms with van der Waals surface area (Å²) in [6.45, 7) is 2.05. The van der Waals surface area contributed by atoms with Gasteiger partial charge >= 0.3 is 0 Å². The van der Waals surface area contributed by atoms with Crippen LogP contribution in [0, 0.1) is 6.92 Å². The summed E-state index contributed by atoms with van der Waals surface area (Å²) in [6.07, 6.45) is 1.47. The van der Waals surface area contributed by atoms with Crippen molar-refractivity contribution in [2.45, 2.75) is 6.92 Å². The lowest BCUT2D eigenvalue weighted by Gasteiger charge is -2.06. The molecule has 0 bridgehead atoms. The molecule has 9 heteroatoms. The summed E-state index contributed by atoms with van der Waals surface area (Å²) in [5, 5.41) is 19.9. The Morgan fingerprint density at radius 3 is 2.59 bits per heavy atom. The Hall–Kier alpha value is -3.69. The second-order valence-corrected chi connectivity index (χ2v) is 9.07. The Bertz CT molecular complexity index is 1340. The number of hydrogen-bond acceptors (Lipinski definition) is 7. The second-order valence-electron chi connectivity index (χ2n) is 7.36. The van der Waals surface area contributed by atoms with E-state index in [0.29, 0.717) is 21.3 Å². The van der Waals surface area contributed by atoms with Gasteiger partial charge in [0.15, 0.2) is 16.6 Å². The fourth-order valence-electron chi connectivity index (χ4n) is 3.07. The van der Waals surface area contributed by atoms with Crippen molar-refractivity contribution in [3.05, 3.63) is 87.2 Å². The maximum Gasteiger partial charge on any atom is 0.271 e. The molecule has 1 heterocycles. The Labute approximate surface area is 209 Å². The van der Waals surface area contributed by atoms with E-state index in [9.17, 15) is 9.90 Å². The highest BCUT2D eigenvalue weighted by Gasteiger charge is 2.09. The first kappa shape index (κ1) is 23.5. The van der Waals surface area contributed by atoms with Crippen molar-refractivity contribution in [1.29, 1.82) is 0 Å². The maximum atomic E-state index is 12.4. The predicted molar refractivity (Wildman–Crippen MR) is 139 cm³/mol. The van der Waals surface area contributed by atoms with Crippen molar-refractivity contribution in [2.24, 2.45) is 5.10 Å². The molecular formula is C25H21BrN4O3S. The standard InChI is InChI=1S/C25H21BrN4O3S/c1-15-3-9-19(10-4-15)28-25-29-21(14-34-25)17-5-7-18(8-6-17)24(32)30-27-13-16-11-20(26)23(31)22(12-16)33-2/h3-14,31H,1-2H3,(H,28,29)(H,30,32)/b27-13-. The van der Waals surface area contributed by atoms with Crippen LogP contribution in [0.5, 0.6) is 11.5 Å². The summed E-state index contributed by atoms with van der Waals surface area (Å²) in [5.41, 5.74) is 7.55. The van der Waals surface area contributed by atoms with Crippen LogP contribution < -0.4 is 15.5 Å². The molecule has 4 aromatic rings. The number of halogens is 1. The minimum Gasteiger partial charge on any atom is -0.503 e. The Morgan fingerprint density at radius 1 is 1.15 bits per heavy atom. The van der Waals surface area contributed by atoms with Crippen LogP contribution in [0.15, 0.2) is 75.6 Å². The quantitative estimate of drug-likeness (QED) is 0.196. The summed E-state index contributed by atoms with van der Waals surface area (Å²) in [7, 11) is 1.46. The number of aryl methyl sites for hydroxylation is 1.